The number of thiol groups is 1. The first-order chi connectivity index (χ1) is 15.4. The largest absolute Gasteiger partial charge is 0.494 e. The zero-order valence-electron chi connectivity index (χ0n) is 16.8. The molecule has 2 heterocycles. The third kappa shape index (κ3) is 4.17. The van der Waals surface area contributed by atoms with E-state index in [2.05, 4.69) is 17.9 Å². The molecular weight excluding hydrogens is 469 g/mol. The summed E-state index contributed by atoms with van der Waals surface area (Å²) in [7, 11) is 0. The number of anilines is 1. The lowest BCUT2D eigenvalue weighted by atomic mass is 10.1. The third-order valence-electron chi connectivity index (χ3n) is 4.84. The number of benzene rings is 2. The second-order valence-corrected chi connectivity index (χ2v) is 8.08. The van der Waals surface area contributed by atoms with E-state index in [9.17, 15) is 10.1 Å². The molecule has 0 bridgehead atoms. The van der Waals surface area contributed by atoms with Crippen molar-refractivity contribution in [1.82, 2.24) is 5.32 Å². The molecule has 162 valence electrons. The summed E-state index contributed by atoms with van der Waals surface area (Å²) in [5, 5.41) is 13.5. The SMILES string of the molecule is CCOc1ccc(N2C(S)=C(C#N)C(=O)NC2c2ccc(-c3ccc(Cl)cc3Cl)o2)cc1. The first-order valence-corrected chi connectivity index (χ1v) is 10.8. The zero-order chi connectivity index (χ0) is 22.8. The van der Waals surface area contributed by atoms with Crippen molar-refractivity contribution in [2.45, 2.75) is 13.1 Å². The molecular formula is C23H17Cl2N3O3S. The number of hydrogen-bond donors (Lipinski definition) is 2. The minimum Gasteiger partial charge on any atom is -0.494 e. The molecule has 0 aliphatic carbocycles. The molecule has 1 N–H and O–H groups in total. The molecule has 9 heteroatoms. The summed E-state index contributed by atoms with van der Waals surface area (Å²) in [4.78, 5) is 14.3. The minimum absolute atomic E-state index is 0.0917. The molecule has 32 heavy (non-hydrogen) atoms. The minimum atomic E-state index is -0.732. The van der Waals surface area contributed by atoms with Crippen LogP contribution >= 0.6 is 35.8 Å². The lowest BCUT2D eigenvalue weighted by Gasteiger charge is -2.36. The number of nitrogens with one attached hydrogen (secondary N) is 1. The Kier molecular flexibility index (Phi) is 6.38. The fraction of sp³-hybridized carbons (Fsp3) is 0.130. The number of rotatable bonds is 5. The first-order valence-electron chi connectivity index (χ1n) is 9.64. The molecule has 4 rings (SSSR count). The molecule has 1 aliphatic rings. The highest BCUT2D eigenvalue weighted by atomic mass is 35.5. The van der Waals surface area contributed by atoms with Crippen LogP contribution in [-0.4, -0.2) is 12.5 Å². The second kappa shape index (κ2) is 9.21. The first kappa shape index (κ1) is 22.2. The zero-order valence-corrected chi connectivity index (χ0v) is 19.2. The molecule has 0 spiro atoms. The molecule has 1 aromatic heterocycles. The van der Waals surface area contributed by atoms with Crippen LogP contribution in [0.5, 0.6) is 5.75 Å². The highest BCUT2D eigenvalue weighted by molar-refractivity contribution is 7.84. The number of hydrogen-bond acceptors (Lipinski definition) is 6. The van der Waals surface area contributed by atoms with E-state index in [1.54, 1.807) is 47.4 Å². The Morgan fingerprint density at radius 1 is 1.19 bits per heavy atom. The van der Waals surface area contributed by atoms with Crippen LogP contribution < -0.4 is 15.0 Å². The topological polar surface area (TPSA) is 78.5 Å². The normalized spacial score (nSPS) is 16.0. The highest BCUT2D eigenvalue weighted by Crippen LogP contribution is 2.39. The van der Waals surface area contributed by atoms with Crippen molar-refractivity contribution < 1.29 is 13.9 Å². The number of ether oxygens (including phenoxy) is 1. The van der Waals surface area contributed by atoms with Gasteiger partial charge in [-0.3, -0.25) is 4.79 Å². The second-order valence-electron chi connectivity index (χ2n) is 6.81. The summed E-state index contributed by atoms with van der Waals surface area (Å²) < 4.78 is 11.6. The quantitative estimate of drug-likeness (QED) is 0.436. The van der Waals surface area contributed by atoms with Crippen LogP contribution in [0.25, 0.3) is 11.3 Å². The van der Waals surface area contributed by atoms with Gasteiger partial charge in [-0.05, 0) is 61.5 Å². The maximum absolute atomic E-state index is 12.5. The number of halogens is 2. The number of furan rings is 1. The van der Waals surface area contributed by atoms with Gasteiger partial charge in [-0.1, -0.05) is 23.2 Å². The molecule has 1 atom stereocenters. The molecule has 3 aromatic rings. The molecule has 0 saturated carbocycles. The van der Waals surface area contributed by atoms with Crippen LogP contribution in [0.3, 0.4) is 0 Å². The summed E-state index contributed by atoms with van der Waals surface area (Å²) >= 11 is 16.8. The summed E-state index contributed by atoms with van der Waals surface area (Å²) in [6, 6.07) is 17.8. The van der Waals surface area contributed by atoms with Gasteiger partial charge < -0.3 is 19.4 Å². The number of carbonyl (C=O) groups is 1. The van der Waals surface area contributed by atoms with E-state index in [-0.39, 0.29) is 10.6 Å². The highest BCUT2D eigenvalue weighted by Gasteiger charge is 2.36. The summed E-state index contributed by atoms with van der Waals surface area (Å²) in [6.07, 6.45) is -0.732. The van der Waals surface area contributed by atoms with Gasteiger partial charge >= 0.3 is 0 Å². The Bertz CT molecular complexity index is 1250. The third-order valence-corrected chi connectivity index (χ3v) is 5.82. The maximum atomic E-state index is 12.5. The Balaban J connectivity index is 1.76. The average Bonchev–Trinajstić information content (AvgIpc) is 3.24. The summed E-state index contributed by atoms with van der Waals surface area (Å²) in [5.74, 6) is 1.12. The molecule has 1 amide bonds. The van der Waals surface area contributed by atoms with Gasteiger partial charge in [0.05, 0.1) is 16.7 Å². The van der Waals surface area contributed by atoms with Crippen LogP contribution in [0.2, 0.25) is 10.0 Å². The monoisotopic (exact) mass is 485 g/mol. The van der Waals surface area contributed by atoms with Crippen molar-refractivity contribution in [2.24, 2.45) is 0 Å². The van der Waals surface area contributed by atoms with Crippen LogP contribution in [0.15, 0.2) is 69.6 Å². The average molecular weight is 486 g/mol. The van der Waals surface area contributed by atoms with Crippen LogP contribution in [0.1, 0.15) is 18.8 Å². The molecule has 1 unspecified atom stereocenters. The number of nitrogens with zero attached hydrogens (tertiary/aromatic N) is 2. The Hall–Kier alpha value is -3.05. The molecule has 0 fully saturated rings. The molecule has 6 nitrogen and oxygen atoms in total. The van der Waals surface area contributed by atoms with Gasteiger partial charge in [-0.25, -0.2) is 0 Å². The maximum Gasteiger partial charge on any atom is 0.266 e. The van der Waals surface area contributed by atoms with Crippen LogP contribution in [0.4, 0.5) is 5.69 Å². The van der Waals surface area contributed by atoms with Crippen molar-refractivity contribution in [3.8, 4) is 23.1 Å². The van der Waals surface area contributed by atoms with Crippen LogP contribution in [-0.2, 0) is 4.79 Å². The van der Waals surface area contributed by atoms with Gasteiger partial charge in [0.15, 0.2) is 6.17 Å². The predicted molar refractivity (Wildman–Crippen MR) is 127 cm³/mol. The van der Waals surface area contributed by atoms with Gasteiger partial charge in [0, 0.05) is 16.3 Å². The lowest BCUT2D eigenvalue weighted by Crippen LogP contribution is -2.45. The van der Waals surface area contributed by atoms with E-state index in [0.717, 1.165) is 0 Å². The molecule has 0 radical (unpaired) electrons. The van der Waals surface area contributed by atoms with E-state index < -0.39 is 12.1 Å². The Labute approximate surface area is 200 Å². The molecule has 2 aromatic carbocycles. The molecule has 1 aliphatic heterocycles. The Morgan fingerprint density at radius 2 is 1.94 bits per heavy atom. The van der Waals surface area contributed by atoms with E-state index >= 15 is 0 Å². The lowest BCUT2D eigenvalue weighted by molar-refractivity contribution is -0.118. The van der Waals surface area contributed by atoms with Crippen molar-refractivity contribution in [3.05, 3.63) is 81.0 Å². The fourth-order valence-electron chi connectivity index (χ4n) is 3.38. The summed E-state index contributed by atoms with van der Waals surface area (Å²) in [6.45, 7) is 2.44. The van der Waals surface area contributed by atoms with Gasteiger partial charge in [0.25, 0.3) is 5.91 Å². The number of carbonyl (C=O) groups excluding carboxylic acids is 1. The Morgan fingerprint density at radius 3 is 2.59 bits per heavy atom. The predicted octanol–water partition coefficient (Wildman–Crippen LogP) is 5.95. The van der Waals surface area contributed by atoms with E-state index in [0.29, 0.717) is 45.2 Å². The van der Waals surface area contributed by atoms with Crippen molar-refractivity contribution in [1.29, 1.82) is 5.26 Å². The van der Waals surface area contributed by atoms with Crippen molar-refractivity contribution in [3.63, 3.8) is 0 Å². The van der Waals surface area contributed by atoms with Crippen molar-refractivity contribution >= 4 is 47.4 Å². The van der Waals surface area contributed by atoms with E-state index in [1.165, 1.54) is 0 Å². The van der Waals surface area contributed by atoms with Gasteiger partial charge in [0.2, 0.25) is 0 Å². The number of nitriles is 1. The van der Waals surface area contributed by atoms with Crippen LogP contribution in [0, 0.1) is 11.3 Å². The van der Waals surface area contributed by atoms with E-state index in [1.807, 2.05) is 25.1 Å². The smallest absolute Gasteiger partial charge is 0.266 e. The van der Waals surface area contributed by atoms with Gasteiger partial charge in [0.1, 0.15) is 28.9 Å². The fourth-order valence-corrected chi connectivity index (χ4v) is 4.26. The standard InChI is InChI=1S/C23H17Cl2N3O3S/c1-2-30-15-6-4-14(5-7-15)28-21(27-22(29)17(12-26)23(28)32)20-10-9-19(31-20)16-8-3-13(24)11-18(16)25/h3-11,21,32H,2H2,1H3,(H,27,29). The van der Waals surface area contributed by atoms with Crippen molar-refractivity contribution in [2.75, 3.05) is 11.5 Å². The van der Waals surface area contributed by atoms with Gasteiger partial charge in [-0.15, -0.1) is 12.6 Å². The van der Waals surface area contributed by atoms with E-state index in [4.69, 9.17) is 32.4 Å². The number of amides is 1. The molecule has 0 saturated heterocycles. The van der Waals surface area contributed by atoms with Gasteiger partial charge in [-0.2, -0.15) is 5.26 Å². The summed E-state index contributed by atoms with van der Waals surface area (Å²) in [5.41, 5.74) is 1.26.